The van der Waals surface area contributed by atoms with Gasteiger partial charge in [-0.2, -0.15) is 0 Å². The third-order valence-electron chi connectivity index (χ3n) is 3.41. The van der Waals surface area contributed by atoms with Crippen LogP contribution in [-0.2, 0) is 13.1 Å². The molecule has 0 saturated heterocycles. The SMILES string of the molecule is CNc1nc(C)nc(N2CCn3cnnc3C2)c1C. The Labute approximate surface area is 111 Å². The van der Waals surface area contributed by atoms with E-state index in [2.05, 4.69) is 34.9 Å². The normalized spacial score (nSPS) is 14.4. The molecule has 0 radical (unpaired) electrons. The summed E-state index contributed by atoms with van der Waals surface area (Å²) in [6.45, 7) is 6.49. The Balaban J connectivity index is 1.97. The Morgan fingerprint density at radius 1 is 1.21 bits per heavy atom. The molecule has 2 aromatic rings. The van der Waals surface area contributed by atoms with Gasteiger partial charge in [0.15, 0.2) is 5.82 Å². The maximum atomic E-state index is 4.58. The van der Waals surface area contributed by atoms with Crippen LogP contribution in [0.1, 0.15) is 17.2 Å². The fourth-order valence-electron chi connectivity index (χ4n) is 2.41. The van der Waals surface area contributed by atoms with Gasteiger partial charge in [-0.25, -0.2) is 9.97 Å². The van der Waals surface area contributed by atoms with Gasteiger partial charge in [-0.15, -0.1) is 10.2 Å². The van der Waals surface area contributed by atoms with E-state index in [0.717, 1.165) is 48.5 Å². The average molecular weight is 259 g/mol. The molecule has 1 aliphatic heterocycles. The summed E-state index contributed by atoms with van der Waals surface area (Å²) in [6.07, 6.45) is 1.78. The van der Waals surface area contributed by atoms with Gasteiger partial charge in [0.05, 0.1) is 6.54 Å². The second-order valence-corrected chi connectivity index (χ2v) is 4.68. The molecule has 7 heteroatoms. The van der Waals surface area contributed by atoms with E-state index < -0.39 is 0 Å². The summed E-state index contributed by atoms with van der Waals surface area (Å²) in [5.74, 6) is 3.62. The first kappa shape index (κ1) is 11.9. The van der Waals surface area contributed by atoms with Crippen molar-refractivity contribution >= 4 is 11.6 Å². The van der Waals surface area contributed by atoms with Gasteiger partial charge in [0.25, 0.3) is 0 Å². The molecule has 100 valence electrons. The largest absolute Gasteiger partial charge is 0.373 e. The van der Waals surface area contributed by atoms with Crippen molar-refractivity contribution in [3.8, 4) is 0 Å². The third kappa shape index (κ3) is 2.00. The Morgan fingerprint density at radius 2 is 2.05 bits per heavy atom. The van der Waals surface area contributed by atoms with Crippen LogP contribution in [0.3, 0.4) is 0 Å². The van der Waals surface area contributed by atoms with Crippen molar-refractivity contribution in [3.05, 3.63) is 23.5 Å². The highest BCUT2D eigenvalue weighted by Crippen LogP contribution is 2.25. The summed E-state index contributed by atoms with van der Waals surface area (Å²) in [6, 6.07) is 0. The summed E-state index contributed by atoms with van der Waals surface area (Å²) in [5, 5.41) is 11.2. The molecule has 1 aliphatic rings. The highest BCUT2D eigenvalue weighted by molar-refractivity contribution is 5.58. The lowest BCUT2D eigenvalue weighted by molar-refractivity contribution is 0.554. The van der Waals surface area contributed by atoms with E-state index in [1.54, 1.807) is 6.33 Å². The molecule has 7 nitrogen and oxygen atoms in total. The average Bonchev–Trinajstić information content (AvgIpc) is 2.88. The predicted molar refractivity (Wildman–Crippen MR) is 72.1 cm³/mol. The molecule has 1 N–H and O–H groups in total. The minimum atomic E-state index is 0.737. The van der Waals surface area contributed by atoms with Crippen molar-refractivity contribution in [2.75, 3.05) is 23.8 Å². The number of fused-ring (bicyclic) bond motifs is 1. The monoisotopic (exact) mass is 259 g/mol. The van der Waals surface area contributed by atoms with Crippen molar-refractivity contribution < 1.29 is 0 Å². The molecule has 3 heterocycles. The smallest absolute Gasteiger partial charge is 0.152 e. The van der Waals surface area contributed by atoms with Crippen LogP contribution in [0.4, 0.5) is 11.6 Å². The third-order valence-corrected chi connectivity index (χ3v) is 3.41. The van der Waals surface area contributed by atoms with E-state index in [1.807, 2.05) is 20.9 Å². The van der Waals surface area contributed by atoms with Crippen molar-refractivity contribution in [3.63, 3.8) is 0 Å². The Hall–Kier alpha value is -2.18. The molecular formula is C12H17N7. The summed E-state index contributed by atoms with van der Waals surface area (Å²) >= 11 is 0. The number of nitrogens with zero attached hydrogens (tertiary/aromatic N) is 6. The minimum Gasteiger partial charge on any atom is -0.373 e. The highest BCUT2D eigenvalue weighted by Gasteiger charge is 2.21. The van der Waals surface area contributed by atoms with Crippen LogP contribution in [0.5, 0.6) is 0 Å². The van der Waals surface area contributed by atoms with Crippen molar-refractivity contribution in [1.29, 1.82) is 0 Å². The maximum Gasteiger partial charge on any atom is 0.152 e. The Kier molecular flexibility index (Phi) is 2.81. The van der Waals surface area contributed by atoms with E-state index >= 15 is 0 Å². The second kappa shape index (κ2) is 4.49. The van der Waals surface area contributed by atoms with Gasteiger partial charge in [-0.3, -0.25) is 0 Å². The molecule has 0 amide bonds. The lowest BCUT2D eigenvalue weighted by atomic mass is 10.2. The zero-order valence-corrected chi connectivity index (χ0v) is 11.4. The van der Waals surface area contributed by atoms with E-state index in [1.165, 1.54) is 0 Å². The molecule has 0 aliphatic carbocycles. The van der Waals surface area contributed by atoms with Crippen molar-refractivity contribution in [2.45, 2.75) is 26.9 Å². The topological polar surface area (TPSA) is 71.8 Å². The van der Waals surface area contributed by atoms with Gasteiger partial charge in [-0.05, 0) is 13.8 Å². The van der Waals surface area contributed by atoms with Crippen LogP contribution < -0.4 is 10.2 Å². The molecule has 0 spiro atoms. The number of anilines is 2. The molecular weight excluding hydrogens is 242 g/mol. The van der Waals surface area contributed by atoms with E-state index in [-0.39, 0.29) is 0 Å². The highest BCUT2D eigenvalue weighted by atomic mass is 15.3. The minimum absolute atomic E-state index is 0.737. The van der Waals surface area contributed by atoms with Crippen LogP contribution in [0.25, 0.3) is 0 Å². The number of hydrogen-bond acceptors (Lipinski definition) is 6. The lowest BCUT2D eigenvalue weighted by Crippen LogP contribution is -2.35. The number of aromatic nitrogens is 5. The Morgan fingerprint density at radius 3 is 2.84 bits per heavy atom. The van der Waals surface area contributed by atoms with Gasteiger partial charge >= 0.3 is 0 Å². The Bertz CT molecular complexity index is 604. The zero-order valence-electron chi connectivity index (χ0n) is 11.4. The van der Waals surface area contributed by atoms with E-state index in [9.17, 15) is 0 Å². The maximum absolute atomic E-state index is 4.58. The molecule has 0 unspecified atom stereocenters. The van der Waals surface area contributed by atoms with Crippen LogP contribution in [0.2, 0.25) is 0 Å². The van der Waals surface area contributed by atoms with E-state index in [4.69, 9.17) is 0 Å². The molecule has 0 atom stereocenters. The quantitative estimate of drug-likeness (QED) is 0.858. The first-order chi connectivity index (χ1) is 9.19. The van der Waals surface area contributed by atoms with Crippen LogP contribution in [0, 0.1) is 13.8 Å². The summed E-state index contributed by atoms with van der Waals surface area (Å²) in [5.41, 5.74) is 1.07. The van der Waals surface area contributed by atoms with Gasteiger partial charge in [0.2, 0.25) is 0 Å². The molecule has 19 heavy (non-hydrogen) atoms. The van der Waals surface area contributed by atoms with Crippen LogP contribution in [0.15, 0.2) is 6.33 Å². The lowest BCUT2D eigenvalue weighted by Gasteiger charge is -2.29. The summed E-state index contributed by atoms with van der Waals surface area (Å²) in [7, 11) is 1.88. The summed E-state index contributed by atoms with van der Waals surface area (Å²) < 4.78 is 2.08. The van der Waals surface area contributed by atoms with Gasteiger partial charge in [0.1, 0.15) is 23.8 Å². The van der Waals surface area contributed by atoms with Gasteiger partial charge < -0.3 is 14.8 Å². The first-order valence-electron chi connectivity index (χ1n) is 6.33. The van der Waals surface area contributed by atoms with E-state index in [0.29, 0.717) is 0 Å². The van der Waals surface area contributed by atoms with Gasteiger partial charge in [0, 0.05) is 25.7 Å². The fourth-order valence-corrected chi connectivity index (χ4v) is 2.41. The molecule has 0 saturated carbocycles. The first-order valence-corrected chi connectivity index (χ1v) is 6.33. The van der Waals surface area contributed by atoms with Crippen molar-refractivity contribution in [1.82, 2.24) is 24.7 Å². The standard InChI is InChI=1S/C12H17N7/c1-8-11(13-3)15-9(2)16-12(8)18-4-5-19-7-14-17-10(19)6-18/h7H,4-6H2,1-3H3,(H,13,15,16). The second-order valence-electron chi connectivity index (χ2n) is 4.68. The van der Waals surface area contributed by atoms with Crippen LogP contribution in [-0.4, -0.2) is 38.3 Å². The predicted octanol–water partition coefficient (Wildman–Crippen LogP) is 0.747. The molecule has 2 aromatic heterocycles. The summed E-state index contributed by atoms with van der Waals surface area (Å²) in [4.78, 5) is 11.2. The van der Waals surface area contributed by atoms with Gasteiger partial charge in [-0.1, -0.05) is 0 Å². The molecule has 0 bridgehead atoms. The number of nitrogens with one attached hydrogen (secondary N) is 1. The zero-order chi connectivity index (χ0) is 13.4. The molecule has 3 rings (SSSR count). The number of hydrogen-bond donors (Lipinski definition) is 1. The number of rotatable bonds is 2. The number of aryl methyl sites for hydroxylation is 1. The fraction of sp³-hybridized carbons (Fsp3) is 0.500. The molecule has 0 aromatic carbocycles. The van der Waals surface area contributed by atoms with Crippen LogP contribution >= 0.6 is 0 Å². The molecule has 0 fully saturated rings. The van der Waals surface area contributed by atoms with Crippen molar-refractivity contribution in [2.24, 2.45) is 0 Å².